The molecule has 0 bridgehead atoms. The van der Waals surface area contributed by atoms with E-state index in [-0.39, 0.29) is 11.9 Å². The van der Waals surface area contributed by atoms with E-state index in [0.717, 1.165) is 5.56 Å². The van der Waals surface area contributed by atoms with Crippen LogP contribution in [0.15, 0.2) is 29.3 Å². The molecule has 0 amide bonds. The largest absolute Gasteiger partial charge is 0.475 e. The Balaban J connectivity index is 2.23. The highest BCUT2D eigenvalue weighted by atomic mass is 35.6. The van der Waals surface area contributed by atoms with Crippen molar-refractivity contribution in [2.24, 2.45) is 4.99 Å². The van der Waals surface area contributed by atoms with Crippen LogP contribution in [0, 0.1) is 0 Å². The second-order valence-electron chi connectivity index (χ2n) is 3.31. The third-order valence-corrected chi connectivity index (χ3v) is 2.85. The minimum Gasteiger partial charge on any atom is -0.475 e. The Morgan fingerprint density at radius 1 is 1.31 bits per heavy atom. The Hall–Kier alpha value is -0.150. The number of alkyl halides is 3. The Labute approximate surface area is 113 Å². The molecule has 16 heavy (non-hydrogen) atoms. The van der Waals surface area contributed by atoms with Crippen molar-refractivity contribution in [1.29, 1.82) is 0 Å². The maximum absolute atomic E-state index is 5.88. The summed E-state index contributed by atoms with van der Waals surface area (Å²) in [6.45, 7) is 0.365. The topological polar surface area (TPSA) is 21.6 Å². The molecule has 2 nitrogen and oxygen atoms in total. The molecule has 1 atom stereocenters. The highest BCUT2D eigenvalue weighted by Crippen LogP contribution is 2.35. The third-order valence-electron chi connectivity index (χ3n) is 2.13. The number of nitrogens with zero attached hydrogens (tertiary/aromatic N) is 1. The minimum atomic E-state index is -1.60. The van der Waals surface area contributed by atoms with E-state index >= 15 is 0 Å². The van der Waals surface area contributed by atoms with E-state index in [9.17, 15) is 0 Å². The minimum absolute atomic E-state index is 0.127. The lowest BCUT2D eigenvalue weighted by Crippen LogP contribution is -2.18. The highest BCUT2D eigenvalue weighted by molar-refractivity contribution is 6.76. The van der Waals surface area contributed by atoms with Crippen LogP contribution in [-0.4, -0.2) is 16.3 Å². The van der Waals surface area contributed by atoms with Crippen molar-refractivity contribution >= 4 is 52.3 Å². The van der Waals surface area contributed by atoms with Gasteiger partial charge in [-0.2, -0.15) is 0 Å². The standard InChI is InChI=1S/C10H7Cl4NO/c11-7-3-1-2-6(4-7)8-5-16-9(15-8)10(12,13)14/h1-4,8H,5H2. The molecule has 1 heterocycles. The normalized spacial score (nSPS) is 20.5. The molecule has 0 fully saturated rings. The predicted molar refractivity (Wildman–Crippen MR) is 67.9 cm³/mol. The fourth-order valence-corrected chi connectivity index (χ4v) is 1.92. The smallest absolute Gasteiger partial charge is 0.266 e. The lowest BCUT2D eigenvalue weighted by atomic mass is 10.1. The average molecular weight is 299 g/mol. The molecule has 0 N–H and O–H groups in total. The van der Waals surface area contributed by atoms with Gasteiger partial charge in [-0.15, -0.1) is 0 Å². The molecule has 0 saturated carbocycles. The van der Waals surface area contributed by atoms with Crippen LogP contribution in [0.5, 0.6) is 0 Å². The van der Waals surface area contributed by atoms with E-state index in [0.29, 0.717) is 11.6 Å². The van der Waals surface area contributed by atoms with Crippen LogP contribution in [0.2, 0.25) is 5.02 Å². The summed E-state index contributed by atoms with van der Waals surface area (Å²) in [6.07, 6.45) is 0. The number of ether oxygens (including phenoxy) is 1. The number of hydrogen-bond donors (Lipinski definition) is 0. The van der Waals surface area contributed by atoms with Crippen LogP contribution in [-0.2, 0) is 4.74 Å². The van der Waals surface area contributed by atoms with Crippen LogP contribution >= 0.6 is 46.4 Å². The zero-order chi connectivity index (χ0) is 11.8. The van der Waals surface area contributed by atoms with Gasteiger partial charge in [0.05, 0.1) is 0 Å². The quantitative estimate of drug-likeness (QED) is 0.713. The van der Waals surface area contributed by atoms with Gasteiger partial charge < -0.3 is 4.74 Å². The molecule has 0 aromatic heterocycles. The molecule has 1 aromatic rings. The second-order valence-corrected chi connectivity index (χ2v) is 6.03. The Morgan fingerprint density at radius 2 is 2.06 bits per heavy atom. The maximum atomic E-state index is 5.88. The summed E-state index contributed by atoms with van der Waals surface area (Å²) in [5, 5.41) is 0.648. The van der Waals surface area contributed by atoms with Crippen LogP contribution < -0.4 is 0 Å². The van der Waals surface area contributed by atoms with E-state index in [2.05, 4.69) is 4.99 Å². The molecular formula is C10H7Cl4NO. The Morgan fingerprint density at radius 3 is 2.62 bits per heavy atom. The van der Waals surface area contributed by atoms with Gasteiger partial charge >= 0.3 is 0 Å². The summed E-state index contributed by atoms with van der Waals surface area (Å²) >= 11 is 22.9. The SMILES string of the molecule is Clc1cccc(C2COC(C(Cl)(Cl)Cl)=N2)c1. The van der Waals surface area contributed by atoms with Crippen molar-refractivity contribution in [3.63, 3.8) is 0 Å². The van der Waals surface area contributed by atoms with Crippen LogP contribution in [0.4, 0.5) is 0 Å². The molecule has 6 heteroatoms. The molecule has 0 spiro atoms. The number of hydrogen-bond acceptors (Lipinski definition) is 2. The van der Waals surface area contributed by atoms with Crippen molar-refractivity contribution in [1.82, 2.24) is 0 Å². The average Bonchev–Trinajstić information content (AvgIpc) is 2.65. The van der Waals surface area contributed by atoms with Crippen molar-refractivity contribution in [2.75, 3.05) is 6.61 Å². The molecule has 0 aliphatic carbocycles. The Kier molecular flexibility index (Phi) is 3.55. The lowest BCUT2D eigenvalue weighted by molar-refractivity contribution is 0.314. The fraction of sp³-hybridized carbons (Fsp3) is 0.300. The number of aliphatic imine (C=N–C) groups is 1. The summed E-state index contributed by atoms with van der Waals surface area (Å²) in [4.78, 5) is 4.21. The van der Waals surface area contributed by atoms with E-state index < -0.39 is 3.79 Å². The van der Waals surface area contributed by atoms with Crippen molar-refractivity contribution in [2.45, 2.75) is 9.83 Å². The Bertz CT molecular complexity index is 427. The first-order chi connectivity index (χ1) is 7.47. The van der Waals surface area contributed by atoms with Gasteiger partial charge in [0.1, 0.15) is 12.6 Å². The van der Waals surface area contributed by atoms with Gasteiger partial charge in [0.15, 0.2) is 0 Å². The molecule has 1 aromatic carbocycles. The van der Waals surface area contributed by atoms with Gasteiger partial charge in [0.25, 0.3) is 3.79 Å². The van der Waals surface area contributed by atoms with E-state index in [1.165, 1.54) is 0 Å². The molecule has 1 aliphatic heterocycles. The molecule has 2 rings (SSSR count). The third kappa shape index (κ3) is 2.75. The van der Waals surface area contributed by atoms with Crippen LogP contribution in [0.1, 0.15) is 11.6 Å². The van der Waals surface area contributed by atoms with Gasteiger partial charge in [0.2, 0.25) is 5.90 Å². The fourth-order valence-electron chi connectivity index (χ4n) is 1.41. The van der Waals surface area contributed by atoms with Gasteiger partial charge in [0, 0.05) is 5.02 Å². The number of halogens is 4. The zero-order valence-corrected chi connectivity index (χ0v) is 11.0. The van der Waals surface area contributed by atoms with Gasteiger partial charge in [-0.1, -0.05) is 58.5 Å². The first kappa shape index (κ1) is 12.3. The zero-order valence-electron chi connectivity index (χ0n) is 7.96. The summed E-state index contributed by atoms with van der Waals surface area (Å²) < 4.78 is 3.63. The van der Waals surface area contributed by atoms with E-state index in [4.69, 9.17) is 51.1 Å². The van der Waals surface area contributed by atoms with Crippen molar-refractivity contribution in [3.05, 3.63) is 34.9 Å². The van der Waals surface area contributed by atoms with Gasteiger partial charge in [-0.3, -0.25) is 0 Å². The molecule has 1 unspecified atom stereocenters. The monoisotopic (exact) mass is 297 g/mol. The first-order valence-corrected chi connectivity index (χ1v) is 6.01. The molecule has 1 aliphatic rings. The summed E-state index contributed by atoms with van der Waals surface area (Å²) in [5.74, 6) is 0.127. The molecular weight excluding hydrogens is 292 g/mol. The van der Waals surface area contributed by atoms with Crippen LogP contribution in [0.25, 0.3) is 0 Å². The predicted octanol–water partition coefficient (Wildman–Crippen LogP) is 4.18. The molecule has 0 saturated heterocycles. The molecule has 0 radical (unpaired) electrons. The van der Waals surface area contributed by atoms with Crippen molar-refractivity contribution < 1.29 is 4.74 Å². The highest BCUT2D eigenvalue weighted by Gasteiger charge is 2.35. The number of benzene rings is 1. The van der Waals surface area contributed by atoms with Crippen molar-refractivity contribution in [3.8, 4) is 0 Å². The van der Waals surface area contributed by atoms with E-state index in [1.807, 2.05) is 18.2 Å². The lowest BCUT2D eigenvalue weighted by Gasteiger charge is -2.08. The molecule has 86 valence electrons. The summed E-state index contributed by atoms with van der Waals surface area (Å²) in [6, 6.07) is 7.20. The summed E-state index contributed by atoms with van der Waals surface area (Å²) in [5.41, 5.74) is 0.941. The maximum Gasteiger partial charge on any atom is 0.266 e. The van der Waals surface area contributed by atoms with Gasteiger partial charge in [-0.25, -0.2) is 4.99 Å². The number of rotatable bonds is 1. The van der Waals surface area contributed by atoms with Crippen LogP contribution in [0.3, 0.4) is 0 Å². The first-order valence-electron chi connectivity index (χ1n) is 4.50. The van der Waals surface area contributed by atoms with E-state index in [1.54, 1.807) is 6.07 Å². The van der Waals surface area contributed by atoms with Gasteiger partial charge in [-0.05, 0) is 17.7 Å². The second kappa shape index (κ2) is 4.61. The summed E-state index contributed by atoms with van der Waals surface area (Å²) in [7, 11) is 0.